The summed E-state index contributed by atoms with van der Waals surface area (Å²) in [4.78, 5) is 12.8. The molecule has 4 rings (SSSR count). The van der Waals surface area contributed by atoms with Crippen molar-refractivity contribution in [3.8, 4) is 0 Å². The van der Waals surface area contributed by atoms with Crippen molar-refractivity contribution in [3.05, 3.63) is 41.2 Å². The van der Waals surface area contributed by atoms with Gasteiger partial charge in [-0.05, 0) is 31.0 Å². The van der Waals surface area contributed by atoms with Gasteiger partial charge in [-0.15, -0.1) is 0 Å². The summed E-state index contributed by atoms with van der Waals surface area (Å²) in [6.07, 6.45) is -8.55. The van der Waals surface area contributed by atoms with E-state index in [0.29, 0.717) is 12.8 Å². The van der Waals surface area contributed by atoms with Crippen LogP contribution < -0.4 is 0 Å². The molecule has 2 aliphatic heterocycles. The number of aromatic nitrogens is 3. The van der Waals surface area contributed by atoms with Crippen LogP contribution >= 0.6 is 0 Å². The normalized spacial score (nSPS) is 22.4. The first-order valence-electron chi connectivity index (χ1n) is 9.26. The number of halogens is 6. The number of amides is 1. The lowest BCUT2D eigenvalue weighted by molar-refractivity contribution is -0.143. The Bertz CT molecular complexity index is 1090. The van der Waals surface area contributed by atoms with Gasteiger partial charge in [-0.2, -0.15) is 46.1 Å². The van der Waals surface area contributed by atoms with Gasteiger partial charge in [0, 0.05) is 25.2 Å². The number of hydrogen-bond donors (Lipinski definition) is 1. The lowest BCUT2D eigenvalue weighted by Gasteiger charge is -2.39. The van der Waals surface area contributed by atoms with Gasteiger partial charge in [-0.1, -0.05) is 0 Å². The van der Waals surface area contributed by atoms with Crippen LogP contribution in [0, 0.1) is 0 Å². The molecule has 0 aliphatic carbocycles. The summed E-state index contributed by atoms with van der Waals surface area (Å²) in [5, 5.41) is 9.48. The second-order valence-electron chi connectivity index (χ2n) is 7.53. The number of rotatable bonds is 3. The molecule has 2 unspecified atom stereocenters. The third-order valence-corrected chi connectivity index (χ3v) is 7.46. The van der Waals surface area contributed by atoms with E-state index < -0.39 is 56.4 Å². The van der Waals surface area contributed by atoms with Crippen LogP contribution in [0.15, 0.2) is 29.3 Å². The number of nitrogens with zero attached hydrogens (tertiary/aromatic N) is 4. The number of sulfonamides is 1. The fraction of sp³-hybridized carbons (Fsp3) is 0.471. The molecular formula is C17H15F6N5O3S. The van der Waals surface area contributed by atoms with Gasteiger partial charge in [0.1, 0.15) is 0 Å². The number of aromatic amines is 1. The zero-order valence-corrected chi connectivity index (χ0v) is 16.8. The van der Waals surface area contributed by atoms with Gasteiger partial charge >= 0.3 is 12.4 Å². The van der Waals surface area contributed by atoms with Crippen LogP contribution in [0.2, 0.25) is 0 Å². The summed E-state index contributed by atoms with van der Waals surface area (Å²) in [7, 11) is -4.71. The van der Waals surface area contributed by atoms with Crippen LogP contribution in [-0.4, -0.2) is 64.1 Å². The van der Waals surface area contributed by atoms with Crippen LogP contribution in [0.25, 0.3) is 0 Å². The summed E-state index contributed by atoms with van der Waals surface area (Å²) < 4.78 is 106. The van der Waals surface area contributed by atoms with E-state index in [1.807, 2.05) is 0 Å². The maximum absolute atomic E-state index is 13.2. The number of alkyl halides is 6. The number of carbonyl (C=O) groups is 1. The van der Waals surface area contributed by atoms with Gasteiger partial charge in [0.2, 0.25) is 10.0 Å². The molecule has 2 saturated heterocycles. The smallest absolute Gasteiger partial charge is 0.334 e. The molecule has 0 spiro atoms. The molecule has 8 nitrogen and oxygen atoms in total. The summed E-state index contributed by atoms with van der Waals surface area (Å²) in [6.45, 7) is -0.154. The molecular weight excluding hydrogens is 468 g/mol. The maximum Gasteiger partial charge on any atom is 0.416 e. The average Bonchev–Trinajstić information content (AvgIpc) is 3.32. The highest BCUT2D eigenvalue weighted by atomic mass is 32.2. The van der Waals surface area contributed by atoms with Crippen molar-refractivity contribution in [3.63, 3.8) is 0 Å². The molecule has 15 heteroatoms. The fourth-order valence-electron chi connectivity index (χ4n) is 4.09. The molecule has 2 aromatic rings. The molecule has 2 atom stereocenters. The first kappa shape index (κ1) is 22.5. The van der Waals surface area contributed by atoms with Gasteiger partial charge in [-0.25, -0.2) is 8.42 Å². The molecule has 1 N–H and O–H groups in total. The van der Waals surface area contributed by atoms with Crippen LogP contribution in [0.4, 0.5) is 26.3 Å². The summed E-state index contributed by atoms with van der Waals surface area (Å²) in [6, 6.07) is -1.30. The highest BCUT2D eigenvalue weighted by Crippen LogP contribution is 2.40. The summed E-state index contributed by atoms with van der Waals surface area (Å²) in [5.74, 6) is -0.508. The molecule has 174 valence electrons. The zero-order chi connectivity index (χ0) is 23.5. The van der Waals surface area contributed by atoms with Gasteiger partial charge < -0.3 is 4.90 Å². The van der Waals surface area contributed by atoms with E-state index in [2.05, 4.69) is 15.4 Å². The van der Waals surface area contributed by atoms with Gasteiger partial charge in [0.25, 0.3) is 5.91 Å². The Balaban J connectivity index is 1.68. The second kappa shape index (κ2) is 7.43. The molecule has 3 heterocycles. The predicted octanol–water partition coefficient (Wildman–Crippen LogP) is 2.52. The zero-order valence-electron chi connectivity index (χ0n) is 16.0. The molecule has 2 aliphatic rings. The van der Waals surface area contributed by atoms with Crippen LogP contribution in [0.5, 0.6) is 0 Å². The van der Waals surface area contributed by atoms with Crippen LogP contribution in [0.1, 0.15) is 34.5 Å². The van der Waals surface area contributed by atoms with E-state index in [0.717, 1.165) is 4.31 Å². The first-order valence-corrected chi connectivity index (χ1v) is 10.7. The Hall–Kier alpha value is -2.68. The minimum Gasteiger partial charge on any atom is -0.334 e. The standard InChI is InChI=1S/C17H15F6N5O3S/c18-16(19,20)9-3-10(17(21,22)23)5-13(4-9)32(30,31)28-11-1-2-12(28)8-27(7-11)15(29)14-6-24-26-25-14/h3-6,11-12H,1-2,7-8H2,(H,24,25,26). The highest BCUT2D eigenvalue weighted by Gasteiger charge is 2.49. The van der Waals surface area contributed by atoms with Crippen molar-refractivity contribution in [2.24, 2.45) is 0 Å². The number of likely N-dealkylation sites (tertiary alicyclic amines) is 1. The number of carbonyl (C=O) groups excluding carboxylic acids is 1. The Labute approximate surface area is 177 Å². The lowest BCUT2D eigenvalue weighted by Crippen LogP contribution is -2.57. The number of hydrogen-bond acceptors (Lipinski definition) is 5. The van der Waals surface area contributed by atoms with E-state index in [-0.39, 0.29) is 37.0 Å². The van der Waals surface area contributed by atoms with Gasteiger partial charge in [0.15, 0.2) is 5.69 Å². The minimum absolute atomic E-state index is 0.00778. The Kier molecular flexibility index (Phi) is 5.23. The number of fused-ring (bicyclic) bond motifs is 2. The van der Waals surface area contributed by atoms with E-state index in [4.69, 9.17) is 0 Å². The lowest BCUT2D eigenvalue weighted by atomic mass is 10.1. The van der Waals surface area contributed by atoms with Gasteiger partial charge in [0.05, 0.1) is 22.2 Å². The van der Waals surface area contributed by atoms with Crippen molar-refractivity contribution < 1.29 is 39.6 Å². The highest BCUT2D eigenvalue weighted by molar-refractivity contribution is 7.89. The molecule has 1 amide bonds. The maximum atomic E-state index is 13.2. The summed E-state index contributed by atoms with van der Waals surface area (Å²) in [5.41, 5.74) is -3.41. The average molecular weight is 483 g/mol. The minimum atomic E-state index is -5.17. The van der Waals surface area contributed by atoms with Crippen molar-refractivity contribution in [1.82, 2.24) is 24.6 Å². The fourth-order valence-corrected chi connectivity index (χ4v) is 6.01. The predicted molar refractivity (Wildman–Crippen MR) is 94.6 cm³/mol. The van der Waals surface area contributed by atoms with Crippen molar-refractivity contribution in [1.29, 1.82) is 0 Å². The molecule has 0 radical (unpaired) electrons. The molecule has 2 bridgehead atoms. The quantitative estimate of drug-likeness (QED) is 0.677. The first-order chi connectivity index (χ1) is 14.8. The molecule has 0 saturated carbocycles. The SMILES string of the molecule is O=C(c1cn[nH]n1)N1CC2CCC(C1)N2S(=O)(=O)c1cc(C(F)(F)F)cc(C(F)(F)F)c1. The third kappa shape index (κ3) is 3.94. The number of H-pyrrole nitrogens is 1. The molecule has 32 heavy (non-hydrogen) atoms. The van der Waals surface area contributed by atoms with E-state index in [1.165, 1.54) is 11.1 Å². The van der Waals surface area contributed by atoms with E-state index >= 15 is 0 Å². The van der Waals surface area contributed by atoms with Gasteiger partial charge in [-0.3, -0.25) is 4.79 Å². The monoisotopic (exact) mass is 483 g/mol. The Morgan fingerprint density at radius 3 is 1.94 bits per heavy atom. The van der Waals surface area contributed by atoms with Crippen molar-refractivity contribution in [2.75, 3.05) is 13.1 Å². The number of benzene rings is 1. The van der Waals surface area contributed by atoms with E-state index in [1.54, 1.807) is 0 Å². The molecule has 2 fully saturated rings. The topological polar surface area (TPSA) is 99.3 Å². The Morgan fingerprint density at radius 1 is 0.969 bits per heavy atom. The van der Waals surface area contributed by atoms with Crippen LogP contribution in [0.3, 0.4) is 0 Å². The summed E-state index contributed by atoms with van der Waals surface area (Å²) >= 11 is 0. The largest absolute Gasteiger partial charge is 0.416 e. The van der Waals surface area contributed by atoms with Crippen molar-refractivity contribution in [2.45, 2.75) is 42.2 Å². The number of piperazine rings is 1. The third-order valence-electron chi connectivity index (χ3n) is 5.47. The molecule has 1 aromatic heterocycles. The van der Waals surface area contributed by atoms with E-state index in [9.17, 15) is 39.6 Å². The second-order valence-corrected chi connectivity index (χ2v) is 9.37. The Morgan fingerprint density at radius 2 is 1.50 bits per heavy atom. The number of nitrogens with one attached hydrogen (secondary N) is 1. The van der Waals surface area contributed by atoms with Crippen LogP contribution in [-0.2, 0) is 22.4 Å². The molecule has 1 aromatic carbocycles. The van der Waals surface area contributed by atoms with Crippen molar-refractivity contribution >= 4 is 15.9 Å².